The molecule has 2 aromatic rings. The van der Waals surface area contributed by atoms with Crippen molar-refractivity contribution in [3.63, 3.8) is 0 Å². The van der Waals surface area contributed by atoms with Crippen LogP contribution in [0.25, 0.3) is 0 Å². The number of nitrogens with one attached hydrogen (secondary N) is 2. The number of anilines is 2. The maximum Gasteiger partial charge on any atom is 0.257 e. The number of amides is 2. The Balaban J connectivity index is 1.95. The van der Waals surface area contributed by atoms with E-state index >= 15 is 0 Å². The van der Waals surface area contributed by atoms with Crippen LogP contribution in [0, 0.1) is 0 Å². The van der Waals surface area contributed by atoms with Gasteiger partial charge in [0.1, 0.15) is 11.5 Å². The summed E-state index contributed by atoms with van der Waals surface area (Å²) in [5.74, 6) is 0.103. The van der Waals surface area contributed by atoms with Crippen LogP contribution in [0.5, 0.6) is 11.5 Å². The highest BCUT2D eigenvalue weighted by molar-refractivity contribution is 6.55. The molecule has 0 saturated carbocycles. The van der Waals surface area contributed by atoms with Crippen LogP contribution in [0.3, 0.4) is 0 Å². The second-order valence-corrected chi connectivity index (χ2v) is 6.92. The lowest BCUT2D eigenvalue weighted by atomic mass is 10.3. The summed E-state index contributed by atoms with van der Waals surface area (Å²) in [6.07, 6.45) is 0. The molecule has 0 bridgehead atoms. The number of hydrogen-bond donors (Lipinski definition) is 2. The van der Waals surface area contributed by atoms with Gasteiger partial charge in [0.2, 0.25) is 0 Å². The van der Waals surface area contributed by atoms with Gasteiger partial charge in [0.05, 0.1) is 0 Å². The minimum absolute atomic E-state index is 0.509. The molecule has 5 nitrogen and oxygen atoms in total. The Morgan fingerprint density at radius 1 is 0.680 bits per heavy atom. The molecule has 2 aromatic carbocycles. The average molecular weight is 422 g/mol. The summed E-state index contributed by atoms with van der Waals surface area (Å²) >= 11 is 21.9. The maximum atomic E-state index is 11.4. The number of halogens is 4. The third-order valence-electron chi connectivity index (χ3n) is 2.88. The van der Waals surface area contributed by atoms with Crippen molar-refractivity contribution in [3.05, 3.63) is 48.5 Å². The molecule has 2 N–H and O–H groups in total. The lowest BCUT2D eigenvalue weighted by Gasteiger charge is -2.09. The molecule has 0 atom stereocenters. The largest absolute Gasteiger partial charge is 0.457 e. The second kappa shape index (κ2) is 9.15. The second-order valence-electron chi connectivity index (χ2n) is 4.73. The minimum Gasteiger partial charge on any atom is -0.457 e. The van der Waals surface area contributed by atoms with Gasteiger partial charge in [-0.1, -0.05) is 46.4 Å². The molecule has 0 aliphatic rings. The van der Waals surface area contributed by atoms with Crippen molar-refractivity contribution in [2.24, 2.45) is 0 Å². The Morgan fingerprint density at radius 3 is 1.28 bits per heavy atom. The van der Waals surface area contributed by atoms with Crippen LogP contribution in [0.2, 0.25) is 0 Å². The molecule has 2 amide bonds. The van der Waals surface area contributed by atoms with Crippen LogP contribution in [0.4, 0.5) is 11.4 Å². The van der Waals surface area contributed by atoms with E-state index in [4.69, 9.17) is 51.1 Å². The van der Waals surface area contributed by atoms with Crippen molar-refractivity contribution in [2.75, 3.05) is 10.6 Å². The quantitative estimate of drug-likeness (QED) is 0.647. The average Bonchev–Trinajstić information content (AvgIpc) is 2.58. The van der Waals surface area contributed by atoms with Crippen molar-refractivity contribution < 1.29 is 14.3 Å². The molecule has 0 heterocycles. The number of rotatable bonds is 6. The fourth-order valence-corrected chi connectivity index (χ4v) is 1.96. The lowest BCUT2D eigenvalue weighted by Crippen LogP contribution is -2.18. The van der Waals surface area contributed by atoms with Crippen LogP contribution >= 0.6 is 46.4 Å². The van der Waals surface area contributed by atoms with E-state index < -0.39 is 21.5 Å². The number of carbonyl (C=O) groups excluding carboxylic acids is 2. The molecule has 0 aliphatic carbocycles. The number of ether oxygens (including phenoxy) is 1. The summed E-state index contributed by atoms with van der Waals surface area (Å²) in [6.45, 7) is 0. The van der Waals surface area contributed by atoms with Gasteiger partial charge in [-0.15, -0.1) is 0 Å². The SMILES string of the molecule is O=C(Nc1ccc(Oc2ccc(NC(=O)C(Cl)Cl)cc2)cc1)C(Cl)Cl. The van der Waals surface area contributed by atoms with Crippen LogP contribution in [0.15, 0.2) is 48.5 Å². The summed E-state index contributed by atoms with van der Waals surface area (Å²) in [6, 6.07) is 13.3. The van der Waals surface area contributed by atoms with Gasteiger partial charge in [-0.3, -0.25) is 9.59 Å². The standard InChI is InChI=1S/C16H12Cl4N2O3/c17-13(18)15(23)21-9-1-5-11(6-2-9)25-12-7-3-10(4-8-12)22-16(24)14(19)20/h1-8,13-14H,(H,21,23)(H,22,24). The van der Waals surface area contributed by atoms with E-state index in [0.717, 1.165) is 0 Å². The van der Waals surface area contributed by atoms with Crippen molar-refractivity contribution in [1.29, 1.82) is 0 Å². The van der Waals surface area contributed by atoms with Gasteiger partial charge in [0, 0.05) is 11.4 Å². The monoisotopic (exact) mass is 420 g/mol. The van der Waals surface area contributed by atoms with Crippen LogP contribution < -0.4 is 15.4 Å². The third kappa shape index (κ3) is 6.29. The number of benzene rings is 2. The van der Waals surface area contributed by atoms with E-state index in [1.165, 1.54) is 0 Å². The normalized spacial score (nSPS) is 10.6. The molecule has 2 rings (SSSR count). The highest BCUT2D eigenvalue weighted by atomic mass is 35.5. The zero-order valence-corrected chi connectivity index (χ0v) is 15.5. The number of hydrogen-bond acceptors (Lipinski definition) is 3. The topological polar surface area (TPSA) is 67.4 Å². The lowest BCUT2D eigenvalue weighted by molar-refractivity contribution is -0.115. The molecule has 0 unspecified atom stereocenters. The fourth-order valence-electron chi connectivity index (χ4n) is 1.74. The first-order chi connectivity index (χ1) is 11.8. The fraction of sp³-hybridized carbons (Fsp3) is 0.125. The van der Waals surface area contributed by atoms with Gasteiger partial charge >= 0.3 is 0 Å². The number of alkyl halides is 4. The van der Waals surface area contributed by atoms with Crippen molar-refractivity contribution in [2.45, 2.75) is 9.67 Å². The molecule has 0 saturated heterocycles. The molecular formula is C16H12Cl4N2O3. The first kappa shape index (κ1) is 19.7. The highest BCUT2D eigenvalue weighted by Crippen LogP contribution is 2.25. The van der Waals surface area contributed by atoms with Gasteiger partial charge in [-0.25, -0.2) is 0 Å². The van der Waals surface area contributed by atoms with Gasteiger partial charge in [-0.2, -0.15) is 0 Å². The Labute approximate surface area is 164 Å². The van der Waals surface area contributed by atoms with Gasteiger partial charge in [0.25, 0.3) is 11.8 Å². The molecular weight excluding hydrogens is 410 g/mol. The molecule has 0 aromatic heterocycles. The van der Waals surface area contributed by atoms with E-state index in [0.29, 0.717) is 22.9 Å². The van der Waals surface area contributed by atoms with Crippen molar-refractivity contribution >= 4 is 69.6 Å². The molecule has 0 aliphatic heterocycles. The van der Waals surface area contributed by atoms with Gasteiger partial charge in [0.15, 0.2) is 9.67 Å². The first-order valence-corrected chi connectivity index (χ1v) is 8.66. The van der Waals surface area contributed by atoms with Crippen LogP contribution in [0.1, 0.15) is 0 Å². The Kier molecular flexibility index (Phi) is 7.20. The Bertz CT molecular complexity index is 671. The Morgan fingerprint density at radius 2 is 1.00 bits per heavy atom. The summed E-state index contributed by atoms with van der Waals surface area (Å²) in [4.78, 5) is 20.5. The molecule has 25 heavy (non-hydrogen) atoms. The molecule has 0 fully saturated rings. The highest BCUT2D eigenvalue weighted by Gasteiger charge is 2.12. The van der Waals surface area contributed by atoms with E-state index in [1.54, 1.807) is 48.5 Å². The van der Waals surface area contributed by atoms with Crippen LogP contribution in [-0.2, 0) is 9.59 Å². The van der Waals surface area contributed by atoms with Gasteiger partial charge in [-0.05, 0) is 48.5 Å². The zero-order valence-electron chi connectivity index (χ0n) is 12.5. The van der Waals surface area contributed by atoms with E-state index in [-0.39, 0.29) is 0 Å². The summed E-state index contributed by atoms with van der Waals surface area (Å²) in [7, 11) is 0. The zero-order chi connectivity index (χ0) is 18.4. The molecule has 132 valence electrons. The van der Waals surface area contributed by atoms with E-state index in [9.17, 15) is 9.59 Å². The smallest absolute Gasteiger partial charge is 0.257 e. The minimum atomic E-state index is -1.14. The molecule has 0 radical (unpaired) electrons. The first-order valence-electron chi connectivity index (χ1n) is 6.91. The van der Waals surface area contributed by atoms with E-state index in [1.807, 2.05) is 0 Å². The number of carbonyl (C=O) groups is 2. The summed E-state index contributed by atoms with van der Waals surface area (Å²) in [5.41, 5.74) is 1.08. The predicted octanol–water partition coefficient (Wildman–Crippen LogP) is 4.96. The van der Waals surface area contributed by atoms with Crippen LogP contribution in [-0.4, -0.2) is 21.5 Å². The summed E-state index contributed by atoms with van der Waals surface area (Å²) in [5, 5.41) is 5.09. The summed E-state index contributed by atoms with van der Waals surface area (Å²) < 4.78 is 5.66. The van der Waals surface area contributed by atoms with Crippen molar-refractivity contribution in [3.8, 4) is 11.5 Å². The van der Waals surface area contributed by atoms with Gasteiger partial charge < -0.3 is 15.4 Å². The molecule has 0 spiro atoms. The third-order valence-corrected chi connectivity index (χ3v) is 3.67. The Hall–Kier alpha value is -1.66. The molecule has 9 heteroatoms. The van der Waals surface area contributed by atoms with E-state index in [2.05, 4.69) is 10.6 Å². The van der Waals surface area contributed by atoms with Crippen molar-refractivity contribution in [1.82, 2.24) is 0 Å². The predicted molar refractivity (Wildman–Crippen MR) is 101 cm³/mol. The maximum absolute atomic E-state index is 11.4.